The van der Waals surface area contributed by atoms with Crippen molar-refractivity contribution in [1.29, 1.82) is 0 Å². The lowest BCUT2D eigenvalue weighted by molar-refractivity contribution is 1.08. The van der Waals surface area contributed by atoms with Crippen molar-refractivity contribution in [3.63, 3.8) is 0 Å². The minimum atomic E-state index is 0.616. The van der Waals surface area contributed by atoms with Gasteiger partial charge in [-0.25, -0.2) is 24.9 Å². The molecule has 7 heteroatoms. The van der Waals surface area contributed by atoms with Crippen LogP contribution >= 0.6 is 11.3 Å². The first-order valence-electron chi connectivity index (χ1n) is 18.5. The summed E-state index contributed by atoms with van der Waals surface area (Å²) in [6.07, 6.45) is 0. The van der Waals surface area contributed by atoms with Crippen molar-refractivity contribution in [2.24, 2.45) is 0 Å². The molecule has 0 saturated heterocycles. The molecule has 0 atom stereocenters. The highest BCUT2D eigenvalue weighted by molar-refractivity contribution is 7.26. The Bertz CT molecular complexity index is 3120. The molecule has 0 spiro atoms. The summed E-state index contributed by atoms with van der Waals surface area (Å²) < 4.78 is 4.40. The van der Waals surface area contributed by atoms with E-state index in [4.69, 9.17) is 24.9 Å². The molecule has 0 aliphatic rings. The smallest absolute Gasteiger partial charge is 0.165 e. The second kappa shape index (κ2) is 13.2. The molecule has 11 rings (SSSR count). The number of aromatic nitrogens is 6. The van der Waals surface area contributed by atoms with Gasteiger partial charge in [0.15, 0.2) is 23.3 Å². The van der Waals surface area contributed by atoms with Crippen LogP contribution < -0.4 is 0 Å². The van der Waals surface area contributed by atoms with Crippen LogP contribution in [0.5, 0.6) is 0 Å². The summed E-state index contributed by atoms with van der Waals surface area (Å²) in [5.41, 5.74) is 10.0. The fourth-order valence-corrected chi connectivity index (χ4v) is 8.91. The van der Waals surface area contributed by atoms with Gasteiger partial charge in [0.25, 0.3) is 0 Å². The molecule has 11 aromatic rings. The molecule has 0 aliphatic heterocycles. The molecule has 0 N–H and O–H groups in total. The van der Waals surface area contributed by atoms with Crippen LogP contribution in [-0.2, 0) is 0 Å². The fourth-order valence-electron chi connectivity index (χ4n) is 7.65. The van der Waals surface area contributed by atoms with Crippen LogP contribution in [0.15, 0.2) is 182 Å². The van der Waals surface area contributed by atoms with E-state index in [-0.39, 0.29) is 0 Å². The first kappa shape index (κ1) is 32.1. The average molecular weight is 735 g/mol. The molecule has 4 heterocycles. The van der Waals surface area contributed by atoms with E-state index in [1.165, 1.54) is 21.8 Å². The van der Waals surface area contributed by atoms with Crippen molar-refractivity contribution < 1.29 is 0 Å². The minimum absolute atomic E-state index is 0.616. The van der Waals surface area contributed by atoms with Crippen LogP contribution in [0.1, 0.15) is 0 Å². The number of benzene rings is 7. The van der Waals surface area contributed by atoms with Crippen LogP contribution in [0.2, 0.25) is 0 Å². The second-order valence-electron chi connectivity index (χ2n) is 13.7. The molecule has 6 nitrogen and oxygen atoms in total. The summed E-state index contributed by atoms with van der Waals surface area (Å²) in [7, 11) is 0. The molecule has 4 aromatic heterocycles. The SMILES string of the molecule is c1ccc(-c2nc(-c3ccccc3)nc(-c3cccc4c3sc3c(-c5ccccc5)nc(-c5ccc(-n6c7ccccc7c7ccccc76)cc5)nc34)n2)cc1. The highest BCUT2D eigenvalue weighted by Crippen LogP contribution is 2.43. The molecule has 0 bridgehead atoms. The quantitative estimate of drug-likeness (QED) is 0.170. The lowest BCUT2D eigenvalue weighted by Crippen LogP contribution is -2.00. The number of nitrogens with zero attached hydrogens (tertiary/aromatic N) is 6. The van der Waals surface area contributed by atoms with Crippen molar-refractivity contribution in [3.8, 4) is 62.5 Å². The van der Waals surface area contributed by atoms with Crippen molar-refractivity contribution in [2.45, 2.75) is 0 Å². The van der Waals surface area contributed by atoms with Crippen molar-refractivity contribution in [1.82, 2.24) is 29.5 Å². The Hall–Kier alpha value is -7.35. The predicted molar refractivity (Wildman–Crippen MR) is 230 cm³/mol. The summed E-state index contributed by atoms with van der Waals surface area (Å²) >= 11 is 1.69. The van der Waals surface area contributed by atoms with Gasteiger partial charge in [-0.2, -0.15) is 0 Å². The van der Waals surface area contributed by atoms with E-state index in [9.17, 15) is 0 Å². The van der Waals surface area contributed by atoms with Crippen LogP contribution in [0.3, 0.4) is 0 Å². The summed E-state index contributed by atoms with van der Waals surface area (Å²) in [6, 6.07) is 62.6. The number of rotatable bonds is 6. The Morgan fingerprint density at radius 2 is 0.821 bits per heavy atom. The first-order valence-corrected chi connectivity index (χ1v) is 19.3. The fraction of sp³-hybridized carbons (Fsp3) is 0. The standard InChI is InChI=1S/C49H30N6S/c1-4-15-31(16-5-1)42-45-43(51-46(50-42)34-27-29-35(30-28-34)55-40-25-12-10-21-36(40)37-22-11-13-26-41(37)55)38-23-14-24-39(44(38)56-45)49-53-47(32-17-6-2-7-18-32)52-48(54-49)33-19-8-3-9-20-33/h1-30H. The van der Waals surface area contributed by atoms with Crippen LogP contribution in [0, 0.1) is 0 Å². The average Bonchev–Trinajstić information content (AvgIpc) is 3.83. The largest absolute Gasteiger partial charge is 0.309 e. The van der Waals surface area contributed by atoms with Crippen molar-refractivity contribution in [3.05, 3.63) is 182 Å². The molecule has 0 aliphatic carbocycles. The van der Waals surface area contributed by atoms with Gasteiger partial charge in [0.1, 0.15) is 0 Å². The minimum Gasteiger partial charge on any atom is -0.309 e. The van der Waals surface area contributed by atoms with E-state index in [1.54, 1.807) is 11.3 Å². The molecule has 0 radical (unpaired) electrons. The number of hydrogen-bond acceptors (Lipinski definition) is 6. The van der Waals surface area contributed by atoms with Gasteiger partial charge >= 0.3 is 0 Å². The Kier molecular flexibility index (Phi) is 7.57. The Morgan fingerprint density at radius 3 is 1.43 bits per heavy atom. The topological polar surface area (TPSA) is 69.4 Å². The Morgan fingerprint density at radius 1 is 0.339 bits per heavy atom. The lowest BCUT2D eigenvalue weighted by atomic mass is 10.1. The Balaban J connectivity index is 1.09. The number of hydrogen-bond donors (Lipinski definition) is 0. The predicted octanol–water partition coefficient (Wildman–Crippen LogP) is 12.5. The third-order valence-electron chi connectivity index (χ3n) is 10.3. The van der Waals surface area contributed by atoms with E-state index in [2.05, 4.69) is 120 Å². The van der Waals surface area contributed by atoms with E-state index >= 15 is 0 Å². The second-order valence-corrected chi connectivity index (χ2v) is 14.7. The van der Waals surface area contributed by atoms with Gasteiger partial charge in [-0.05, 0) is 42.5 Å². The van der Waals surface area contributed by atoms with Crippen LogP contribution in [0.4, 0.5) is 0 Å². The van der Waals surface area contributed by atoms with Crippen LogP contribution in [0.25, 0.3) is 105 Å². The zero-order valence-electron chi connectivity index (χ0n) is 29.9. The van der Waals surface area contributed by atoms with Gasteiger partial charge in [-0.15, -0.1) is 11.3 Å². The highest BCUT2D eigenvalue weighted by Gasteiger charge is 2.21. The first-order chi connectivity index (χ1) is 27.8. The molecule has 7 aromatic carbocycles. The summed E-state index contributed by atoms with van der Waals surface area (Å²) in [5.74, 6) is 2.55. The molecule has 56 heavy (non-hydrogen) atoms. The molecule has 0 fully saturated rings. The molecule has 0 saturated carbocycles. The number of para-hydroxylation sites is 2. The van der Waals surface area contributed by atoms with Gasteiger partial charge in [0.05, 0.1) is 26.9 Å². The monoisotopic (exact) mass is 734 g/mol. The normalized spacial score (nSPS) is 11.6. The molecule has 0 amide bonds. The van der Waals surface area contributed by atoms with Crippen molar-refractivity contribution in [2.75, 3.05) is 0 Å². The maximum absolute atomic E-state index is 5.32. The third-order valence-corrected chi connectivity index (χ3v) is 11.5. The van der Waals surface area contributed by atoms with E-state index in [0.717, 1.165) is 59.5 Å². The van der Waals surface area contributed by atoms with Gasteiger partial charge in [-0.1, -0.05) is 140 Å². The molecular formula is C49H30N6S. The maximum Gasteiger partial charge on any atom is 0.165 e. The van der Waals surface area contributed by atoms with E-state index in [0.29, 0.717) is 23.3 Å². The van der Waals surface area contributed by atoms with Gasteiger partial charge < -0.3 is 4.57 Å². The number of thiophene rings is 1. The highest BCUT2D eigenvalue weighted by atomic mass is 32.1. The molecule has 262 valence electrons. The summed E-state index contributed by atoms with van der Waals surface area (Å²) in [5, 5.41) is 3.51. The zero-order chi connectivity index (χ0) is 37.0. The van der Waals surface area contributed by atoms with Gasteiger partial charge in [-0.3, -0.25) is 0 Å². The summed E-state index contributed by atoms with van der Waals surface area (Å²) in [6.45, 7) is 0. The lowest BCUT2D eigenvalue weighted by Gasteiger charge is -2.10. The van der Waals surface area contributed by atoms with E-state index in [1.807, 2.05) is 66.7 Å². The van der Waals surface area contributed by atoms with E-state index < -0.39 is 0 Å². The maximum atomic E-state index is 5.32. The molecular weight excluding hydrogens is 705 g/mol. The van der Waals surface area contributed by atoms with Crippen molar-refractivity contribution >= 4 is 53.4 Å². The molecule has 0 unspecified atom stereocenters. The number of fused-ring (bicyclic) bond motifs is 6. The summed E-state index contributed by atoms with van der Waals surface area (Å²) in [4.78, 5) is 25.7. The van der Waals surface area contributed by atoms with Gasteiger partial charge in [0.2, 0.25) is 0 Å². The van der Waals surface area contributed by atoms with Crippen LogP contribution in [-0.4, -0.2) is 29.5 Å². The Labute approximate surface area is 326 Å². The van der Waals surface area contributed by atoms with Gasteiger partial charge in [0, 0.05) is 54.4 Å². The zero-order valence-corrected chi connectivity index (χ0v) is 30.7. The third kappa shape index (κ3) is 5.36.